The summed E-state index contributed by atoms with van der Waals surface area (Å²) in [6.45, 7) is 4.43. The SMILES string of the molecule is CC(CCc1ccc(N)nc1)NC(C)c1ccccc1.Cl. The van der Waals surface area contributed by atoms with E-state index in [4.69, 9.17) is 5.73 Å². The van der Waals surface area contributed by atoms with Crippen LogP contribution in [0.15, 0.2) is 48.7 Å². The topological polar surface area (TPSA) is 50.9 Å². The van der Waals surface area contributed by atoms with Crippen molar-refractivity contribution in [3.8, 4) is 0 Å². The third kappa shape index (κ3) is 5.74. The van der Waals surface area contributed by atoms with Crippen molar-refractivity contribution in [2.75, 3.05) is 5.73 Å². The Bertz CT molecular complexity index is 513. The zero-order valence-corrected chi connectivity index (χ0v) is 13.4. The lowest BCUT2D eigenvalue weighted by Crippen LogP contribution is -2.29. The van der Waals surface area contributed by atoms with Crippen LogP contribution in [0.4, 0.5) is 5.82 Å². The van der Waals surface area contributed by atoms with Gasteiger partial charge in [-0.3, -0.25) is 0 Å². The number of aromatic nitrogens is 1. The summed E-state index contributed by atoms with van der Waals surface area (Å²) < 4.78 is 0. The highest BCUT2D eigenvalue weighted by atomic mass is 35.5. The number of benzene rings is 1. The average molecular weight is 306 g/mol. The lowest BCUT2D eigenvalue weighted by Gasteiger charge is -2.20. The maximum absolute atomic E-state index is 5.59. The monoisotopic (exact) mass is 305 g/mol. The van der Waals surface area contributed by atoms with Crippen LogP contribution in [-0.2, 0) is 6.42 Å². The first kappa shape index (κ1) is 17.5. The number of nitrogens with one attached hydrogen (secondary N) is 1. The molecule has 2 unspecified atom stereocenters. The summed E-state index contributed by atoms with van der Waals surface area (Å²) >= 11 is 0. The predicted octanol–water partition coefficient (Wildman–Crippen LogP) is 3.76. The summed E-state index contributed by atoms with van der Waals surface area (Å²) in [5, 5.41) is 3.63. The van der Waals surface area contributed by atoms with E-state index >= 15 is 0 Å². The Morgan fingerprint density at radius 3 is 2.43 bits per heavy atom. The van der Waals surface area contributed by atoms with Gasteiger partial charge in [0.1, 0.15) is 5.82 Å². The number of hydrogen-bond donors (Lipinski definition) is 2. The molecule has 4 heteroatoms. The van der Waals surface area contributed by atoms with Crippen molar-refractivity contribution in [1.82, 2.24) is 10.3 Å². The fraction of sp³-hybridized carbons (Fsp3) is 0.353. The van der Waals surface area contributed by atoms with E-state index in [0.717, 1.165) is 12.8 Å². The summed E-state index contributed by atoms with van der Waals surface area (Å²) in [5.74, 6) is 0.581. The quantitative estimate of drug-likeness (QED) is 0.854. The Morgan fingerprint density at radius 2 is 1.81 bits per heavy atom. The number of nitrogens with two attached hydrogens (primary N) is 1. The van der Waals surface area contributed by atoms with E-state index in [-0.39, 0.29) is 12.4 Å². The van der Waals surface area contributed by atoms with Gasteiger partial charge in [0, 0.05) is 18.3 Å². The van der Waals surface area contributed by atoms with Crippen molar-refractivity contribution in [2.45, 2.75) is 38.8 Å². The Morgan fingerprint density at radius 1 is 1.10 bits per heavy atom. The van der Waals surface area contributed by atoms with Gasteiger partial charge in [-0.05, 0) is 43.9 Å². The van der Waals surface area contributed by atoms with Crippen LogP contribution in [0.2, 0.25) is 0 Å². The smallest absolute Gasteiger partial charge is 0.123 e. The molecule has 0 saturated carbocycles. The first-order chi connectivity index (χ1) is 9.65. The molecule has 3 N–H and O–H groups in total. The third-order valence-corrected chi connectivity index (χ3v) is 3.55. The van der Waals surface area contributed by atoms with Gasteiger partial charge in [0.05, 0.1) is 0 Å². The highest BCUT2D eigenvalue weighted by Gasteiger charge is 2.09. The maximum Gasteiger partial charge on any atom is 0.123 e. The largest absolute Gasteiger partial charge is 0.384 e. The molecule has 2 atom stereocenters. The fourth-order valence-electron chi connectivity index (χ4n) is 2.32. The van der Waals surface area contributed by atoms with Crippen LogP contribution in [0.5, 0.6) is 0 Å². The van der Waals surface area contributed by atoms with Gasteiger partial charge in [-0.15, -0.1) is 12.4 Å². The van der Waals surface area contributed by atoms with Crippen molar-refractivity contribution in [2.24, 2.45) is 0 Å². The highest BCUT2D eigenvalue weighted by Crippen LogP contribution is 2.14. The van der Waals surface area contributed by atoms with Gasteiger partial charge in [-0.2, -0.15) is 0 Å². The second kappa shape index (κ2) is 8.65. The summed E-state index contributed by atoms with van der Waals surface area (Å²) in [6.07, 6.45) is 3.97. The van der Waals surface area contributed by atoms with Crippen LogP contribution < -0.4 is 11.1 Å². The number of rotatable bonds is 6. The van der Waals surface area contributed by atoms with Gasteiger partial charge in [0.2, 0.25) is 0 Å². The highest BCUT2D eigenvalue weighted by molar-refractivity contribution is 5.85. The minimum absolute atomic E-state index is 0. The van der Waals surface area contributed by atoms with Gasteiger partial charge in [-0.1, -0.05) is 36.4 Å². The molecule has 2 aromatic rings. The second-order valence-electron chi connectivity index (χ2n) is 5.33. The van der Waals surface area contributed by atoms with Crippen LogP contribution in [-0.4, -0.2) is 11.0 Å². The molecular weight excluding hydrogens is 282 g/mol. The molecule has 21 heavy (non-hydrogen) atoms. The van der Waals surface area contributed by atoms with Gasteiger partial charge in [0.25, 0.3) is 0 Å². The minimum atomic E-state index is 0. The molecule has 0 radical (unpaired) electrons. The average Bonchev–Trinajstić information content (AvgIpc) is 2.47. The predicted molar refractivity (Wildman–Crippen MR) is 91.7 cm³/mol. The molecule has 114 valence electrons. The molecule has 0 saturated heterocycles. The molecule has 0 aliphatic rings. The number of anilines is 1. The number of hydrogen-bond acceptors (Lipinski definition) is 3. The van der Waals surface area contributed by atoms with Crippen molar-refractivity contribution in [1.29, 1.82) is 0 Å². The van der Waals surface area contributed by atoms with E-state index in [9.17, 15) is 0 Å². The molecule has 1 aromatic heterocycles. The van der Waals surface area contributed by atoms with E-state index in [2.05, 4.69) is 54.5 Å². The molecule has 0 fully saturated rings. The maximum atomic E-state index is 5.59. The van der Waals surface area contributed by atoms with E-state index in [1.807, 2.05) is 18.3 Å². The molecule has 1 heterocycles. The summed E-state index contributed by atoms with van der Waals surface area (Å²) in [5.41, 5.74) is 8.15. The third-order valence-electron chi connectivity index (χ3n) is 3.55. The van der Waals surface area contributed by atoms with Gasteiger partial charge >= 0.3 is 0 Å². The second-order valence-corrected chi connectivity index (χ2v) is 5.33. The molecule has 0 bridgehead atoms. The Labute approximate surface area is 133 Å². The molecule has 0 amide bonds. The normalized spacial score (nSPS) is 13.2. The molecule has 1 aromatic carbocycles. The van der Waals surface area contributed by atoms with Crippen LogP contribution in [0.1, 0.15) is 37.4 Å². The lowest BCUT2D eigenvalue weighted by molar-refractivity contribution is 0.456. The minimum Gasteiger partial charge on any atom is -0.384 e. The Balaban J connectivity index is 0.00000220. The van der Waals surface area contributed by atoms with Gasteiger partial charge < -0.3 is 11.1 Å². The zero-order chi connectivity index (χ0) is 14.4. The Kier molecular flexibility index (Phi) is 7.20. The van der Waals surface area contributed by atoms with Crippen molar-refractivity contribution < 1.29 is 0 Å². The first-order valence-corrected chi connectivity index (χ1v) is 7.16. The summed E-state index contributed by atoms with van der Waals surface area (Å²) in [4.78, 5) is 4.12. The number of nitrogens with zero attached hydrogens (tertiary/aromatic N) is 1. The van der Waals surface area contributed by atoms with Crippen LogP contribution in [0.25, 0.3) is 0 Å². The number of halogens is 1. The van der Waals surface area contributed by atoms with Crippen molar-refractivity contribution >= 4 is 18.2 Å². The zero-order valence-electron chi connectivity index (χ0n) is 12.6. The van der Waals surface area contributed by atoms with Crippen molar-refractivity contribution in [3.05, 3.63) is 59.8 Å². The first-order valence-electron chi connectivity index (χ1n) is 7.16. The number of aryl methyl sites for hydroxylation is 1. The fourth-order valence-corrected chi connectivity index (χ4v) is 2.32. The van der Waals surface area contributed by atoms with Crippen molar-refractivity contribution in [3.63, 3.8) is 0 Å². The molecule has 0 aliphatic heterocycles. The molecular formula is C17H24ClN3. The lowest BCUT2D eigenvalue weighted by atomic mass is 10.0. The van der Waals surface area contributed by atoms with E-state index in [1.165, 1.54) is 11.1 Å². The molecule has 2 rings (SSSR count). The molecule has 3 nitrogen and oxygen atoms in total. The number of pyridine rings is 1. The number of nitrogen functional groups attached to an aromatic ring is 1. The molecule has 0 spiro atoms. The molecule has 0 aliphatic carbocycles. The van der Waals surface area contributed by atoms with Crippen LogP contribution in [0, 0.1) is 0 Å². The van der Waals surface area contributed by atoms with Crippen LogP contribution in [0.3, 0.4) is 0 Å². The van der Waals surface area contributed by atoms with Crippen LogP contribution >= 0.6 is 12.4 Å². The Hall–Kier alpha value is -1.58. The van der Waals surface area contributed by atoms with E-state index in [0.29, 0.717) is 17.9 Å². The van der Waals surface area contributed by atoms with E-state index in [1.54, 1.807) is 0 Å². The standard InChI is InChI=1S/C17H23N3.ClH/c1-13(8-9-15-10-11-17(18)19-12-15)20-14(2)16-6-4-3-5-7-16;/h3-7,10-14,20H,8-9H2,1-2H3,(H2,18,19);1H. The van der Waals surface area contributed by atoms with E-state index < -0.39 is 0 Å². The summed E-state index contributed by atoms with van der Waals surface area (Å²) in [7, 11) is 0. The van der Waals surface area contributed by atoms with Gasteiger partial charge in [0.15, 0.2) is 0 Å². The summed E-state index contributed by atoms with van der Waals surface area (Å²) in [6, 6.07) is 15.3. The van der Waals surface area contributed by atoms with Gasteiger partial charge in [-0.25, -0.2) is 4.98 Å².